The first-order valence-corrected chi connectivity index (χ1v) is 7.39. The highest BCUT2D eigenvalue weighted by Crippen LogP contribution is 2.45. The second-order valence-electron chi connectivity index (χ2n) is 6.72. The molecule has 2 nitrogen and oxygen atoms in total. The van der Waals surface area contributed by atoms with E-state index in [1.54, 1.807) is 0 Å². The Balaban J connectivity index is 2.19. The molecule has 1 saturated carbocycles. The summed E-state index contributed by atoms with van der Waals surface area (Å²) >= 11 is 6.03. The molecule has 0 saturated heterocycles. The summed E-state index contributed by atoms with van der Waals surface area (Å²) in [5.74, 6) is 0.431. The molecule has 0 amide bonds. The van der Waals surface area contributed by atoms with Gasteiger partial charge in [0.2, 0.25) is 0 Å². The summed E-state index contributed by atoms with van der Waals surface area (Å²) in [6.45, 7) is 7.01. The second kappa shape index (κ2) is 5.34. The minimum Gasteiger partial charge on any atom is -0.394 e. The lowest BCUT2D eigenvalue weighted by Crippen LogP contribution is -2.52. The average Bonchev–Trinajstić information content (AvgIpc) is 2.33. The van der Waals surface area contributed by atoms with E-state index >= 15 is 0 Å². The maximum absolute atomic E-state index is 9.92. The van der Waals surface area contributed by atoms with E-state index in [1.165, 1.54) is 0 Å². The third kappa shape index (κ3) is 3.24. The summed E-state index contributed by atoms with van der Waals surface area (Å²) in [4.78, 5) is 0. The molecule has 106 valence electrons. The van der Waals surface area contributed by atoms with Gasteiger partial charge in [0, 0.05) is 10.7 Å². The molecule has 1 aliphatic carbocycles. The fourth-order valence-corrected chi connectivity index (χ4v) is 3.44. The number of benzene rings is 1. The Morgan fingerprint density at radius 2 is 2.11 bits per heavy atom. The number of aliphatic hydroxyl groups excluding tert-OH is 1. The van der Waals surface area contributed by atoms with E-state index in [2.05, 4.69) is 26.1 Å². The average molecular weight is 282 g/mol. The number of halogens is 1. The number of rotatable bonds is 3. The fourth-order valence-electron chi connectivity index (χ4n) is 3.25. The summed E-state index contributed by atoms with van der Waals surface area (Å²) < 4.78 is 0. The monoisotopic (exact) mass is 281 g/mol. The quantitative estimate of drug-likeness (QED) is 0.864. The first-order valence-electron chi connectivity index (χ1n) is 7.02. The van der Waals surface area contributed by atoms with Crippen LogP contribution in [0.3, 0.4) is 0 Å². The Hall–Kier alpha value is -0.730. The molecule has 2 unspecified atom stereocenters. The van der Waals surface area contributed by atoms with Crippen molar-refractivity contribution >= 4 is 17.3 Å². The van der Waals surface area contributed by atoms with Crippen molar-refractivity contribution in [2.75, 3.05) is 11.9 Å². The van der Waals surface area contributed by atoms with Gasteiger partial charge in [-0.15, -0.1) is 0 Å². The van der Waals surface area contributed by atoms with E-state index in [0.29, 0.717) is 11.3 Å². The molecular weight excluding hydrogens is 258 g/mol. The SMILES string of the molecule is CC1CC(C)(C)CCC1(CO)Nc1cccc(Cl)c1. The number of aliphatic hydroxyl groups is 1. The lowest BCUT2D eigenvalue weighted by Gasteiger charge is -2.48. The zero-order chi connectivity index (χ0) is 14.1. The molecule has 3 heteroatoms. The Morgan fingerprint density at radius 1 is 1.37 bits per heavy atom. The van der Waals surface area contributed by atoms with Crippen molar-refractivity contribution in [3.63, 3.8) is 0 Å². The van der Waals surface area contributed by atoms with Gasteiger partial charge in [-0.05, 0) is 48.8 Å². The molecule has 1 fully saturated rings. The van der Waals surface area contributed by atoms with Gasteiger partial charge in [-0.1, -0.05) is 38.4 Å². The van der Waals surface area contributed by atoms with Crippen molar-refractivity contribution in [1.29, 1.82) is 0 Å². The lowest BCUT2D eigenvalue weighted by molar-refractivity contribution is 0.0685. The van der Waals surface area contributed by atoms with Crippen LogP contribution >= 0.6 is 11.6 Å². The van der Waals surface area contributed by atoms with Crippen LogP contribution in [0.1, 0.15) is 40.0 Å². The predicted molar refractivity (Wildman–Crippen MR) is 81.7 cm³/mol. The maximum Gasteiger partial charge on any atom is 0.0664 e. The highest BCUT2D eigenvalue weighted by molar-refractivity contribution is 6.30. The molecule has 0 aliphatic heterocycles. The summed E-state index contributed by atoms with van der Waals surface area (Å²) in [6, 6.07) is 7.74. The van der Waals surface area contributed by atoms with Crippen molar-refractivity contribution in [3.8, 4) is 0 Å². The van der Waals surface area contributed by atoms with Gasteiger partial charge in [-0.25, -0.2) is 0 Å². The van der Waals surface area contributed by atoms with Crippen molar-refractivity contribution in [2.45, 2.75) is 45.6 Å². The third-order valence-corrected chi connectivity index (χ3v) is 4.79. The van der Waals surface area contributed by atoms with Gasteiger partial charge in [-0.3, -0.25) is 0 Å². The largest absolute Gasteiger partial charge is 0.394 e. The minimum absolute atomic E-state index is 0.163. The first kappa shape index (κ1) is 14.7. The highest BCUT2D eigenvalue weighted by atomic mass is 35.5. The third-order valence-electron chi connectivity index (χ3n) is 4.55. The summed E-state index contributed by atoms with van der Waals surface area (Å²) in [5, 5.41) is 14.2. The van der Waals surface area contributed by atoms with Crippen LogP contribution in [-0.4, -0.2) is 17.3 Å². The van der Waals surface area contributed by atoms with Gasteiger partial charge in [-0.2, -0.15) is 0 Å². The normalized spacial score (nSPS) is 30.1. The number of hydrogen-bond donors (Lipinski definition) is 2. The zero-order valence-corrected chi connectivity index (χ0v) is 12.8. The van der Waals surface area contributed by atoms with Gasteiger partial charge in [0.15, 0.2) is 0 Å². The number of anilines is 1. The van der Waals surface area contributed by atoms with Crippen LogP contribution in [0.4, 0.5) is 5.69 Å². The predicted octanol–water partition coefficient (Wildman–Crippen LogP) is 4.33. The van der Waals surface area contributed by atoms with Crippen LogP contribution in [0.2, 0.25) is 5.02 Å². The van der Waals surface area contributed by atoms with Crippen LogP contribution < -0.4 is 5.32 Å². The number of nitrogens with one attached hydrogen (secondary N) is 1. The van der Waals surface area contributed by atoms with E-state index in [-0.39, 0.29) is 12.1 Å². The number of hydrogen-bond acceptors (Lipinski definition) is 2. The molecule has 1 aromatic carbocycles. The molecule has 0 aromatic heterocycles. The van der Waals surface area contributed by atoms with E-state index in [1.807, 2.05) is 24.3 Å². The molecule has 19 heavy (non-hydrogen) atoms. The fraction of sp³-hybridized carbons (Fsp3) is 0.625. The molecule has 0 radical (unpaired) electrons. The topological polar surface area (TPSA) is 32.3 Å². The van der Waals surface area contributed by atoms with E-state index in [0.717, 1.165) is 30.0 Å². The van der Waals surface area contributed by atoms with Crippen molar-refractivity contribution in [2.24, 2.45) is 11.3 Å². The van der Waals surface area contributed by atoms with Gasteiger partial charge < -0.3 is 10.4 Å². The summed E-state index contributed by atoms with van der Waals surface area (Å²) in [7, 11) is 0. The van der Waals surface area contributed by atoms with Gasteiger partial charge in [0.05, 0.1) is 12.1 Å². The first-order chi connectivity index (χ1) is 8.87. The highest BCUT2D eigenvalue weighted by Gasteiger charge is 2.43. The zero-order valence-electron chi connectivity index (χ0n) is 12.0. The van der Waals surface area contributed by atoms with Gasteiger partial charge >= 0.3 is 0 Å². The second-order valence-corrected chi connectivity index (χ2v) is 7.16. The molecular formula is C16H24ClNO. The Bertz CT molecular complexity index is 446. The standard InChI is InChI=1S/C16H24ClNO/c1-12-10-15(2,3)7-8-16(12,11-19)18-14-6-4-5-13(17)9-14/h4-6,9,12,18-19H,7-8,10-11H2,1-3H3. The summed E-state index contributed by atoms with van der Waals surface area (Å²) in [6.07, 6.45) is 3.25. The maximum atomic E-state index is 9.92. The molecule has 0 heterocycles. The Labute approximate surface area is 121 Å². The van der Waals surface area contributed by atoms with Crippen LogP contribution in [0.15, 0.2) is 24.3 Å². The van der Waals surface area contributed by atoms with Gasteiger partial charge in [0.25, 0.3) is 0 Å². The molecule has 1 aliphatic rings. The molecule has 2 rings (SSSR count). The molecule has 0 bridgehead atoms. The van der Waals surface area contributed by atoms with Crippen molar-refractivity contribution in [1.82, 2.24) is 0 Å². The van der Waals surface area contributed by atoms with E-state index < -0.39 is 0 Å². The smallest absolute Gasteiger partial charge is 0.0664 e. The molecule has 1 aromatic rings. The molecule has 0 spiro atoms. The van der Waals surface area contributed by atoms with E-state index in [9.17, 15) is 5.11 Å². The van der Waals surface area contributed by atoms with E-state index in [4.69, 9.17) is 11.6 Å². The van der Waals surface area contributed by atoms with Crippen LogP contribution in [-0.2, 0) is 0 Å². The van der Waals surface area contributed by atoms with Crippen LogP contribution in [0, 0.1) is 11.3 Å². The minimum atomic E-state index is -0.222. The summed E-state index contributed by atoms with van der Waals surface area (Å²) in [5.41, 5.74) is 1.14. The van der Waals surface area contributed by atoms with Crippen LogP contribution in [0.5, 0.6) is 0 Å². The molecule has 2 N–H and O–H groups in total. The Morgan fingerprint density at radius 3 is 2.68 bits per heavy atom. The Kier molecular flexibility index (Phi) is 4.12. The van der Waals surface area contributed by atoms with Crippen LogP contribution in [0.25, 0.3) is 0 Å². The van der Waals surface area contributed by atoms with Crippen molar-refractivity contribution in [3.05, 3.63) is 29.3 Å². The molecule has 2 atom stereocenters. The lowest BCUT2D eigenvalue weighted by atomic mass is 9.64. The van der Waals surface area contributed by atoms with Crippen molar-refractivity contribution < 1.29 is 5.11 Å². The van der Waals surface area contributed by atoms with Gasteiger partial charge in [0.1, 0.15) is 0 Å².